The third-order valence-corrected chi connectivity index (χ3v) is 6.64. The van der Waals surface area contributed by atoms with Crippen molar-refractivity contribution in [2.45, 2.75) is 57.8 Å². The number of alkyl halides is 7. The molecule has 4 aromatic rings. The molecule has 47 heavy (non-hydrogen) atoms. The van der Waals surface area contributed by atoms with Crippen LogP contribution in [-0.2, 0) is 12.2 Å². The van der Waals surface area contributed by atoms with Gasteiger partial charge in [0, 0.05) is 11.7 Å². The second-order valence-electron chi connectivity index (χ2n) is 11.1. The normalized spacial score (nSPS) is 12.5. The summed E-state index contributed by atoms with van der Waals surface area (Å²) >= 11 is 6.27. The van der Waals surface area contributed by atoms with Gasteiger partial charge in [-0.05, 0) is 63.6 Å². The van der Waals surface area contributed by atoms with Gasteiger partial charge >= 0.3 is 18.0 Å². The van der Waals surface area contributed by atoms with Crippen molar-refractivity contribution in [3.05, 3.63) is 81.5 Å². The second-order valence-corrected chi connectivity index (χ2v) is 11.5. The number of halogens is 8. The van der Waals surface area contributed by atoms with E-state index in [1.807, 2.05) is 6.07 Å². The van der Waals surface area contributed by atoms with E-state index in [0.29, 0.717) is 10.4 Å². The van der Waals surface area contributed by atoms with E-state index >= 15 is 0 Å². The average molecular weight is 686 g/mol. The van der Waals surface area contributed by atoms with Crippen molar-refractivity contribution < 1.29 is 40.3 Å². The van der Waals surface area contributed by atoms with E-state index in [4.69, 9.17) is 11.6 Å². The van der Waals surface area contributed by atoms with Crippen LogP contribution in [0.15, 0.2) is 42.7 Å². The van der Waals surface area contributed by atoms with Crippen LogP contribution in [0, 0.1) is 18.3 Å². The van der Waals surface area contributed by atoms with Crippen LogP contribution in [0.4, 0.5) is 36.4 Å². The Morgan fingerprint density at radius 2 is 1.66 bits per heavy atom. The largest absolute Gasteiger partial charge is 0.437 e. The molecule has 0 saturated heterocycles. The van der Waals surface area contributed by atoms with E-state index in [1.54, 1.807) is 20.8 Å². The monoisotopic (exact) mass is 685 g/mol. The van der Waals surface area contributed by atoms with Crippen LogP contribution in [0.3, 0.4) is 0 Å². The number of carbonyl (C=O) groups is 2. The van der Waals surface area contributed by atoms with Crippen molar-refractivity contribution in [1.29, 1.82) is 5.26 Å². The van der Waals surface area contributed by atoms with E-state index in [1.165, 1.54) is 37.4 Å². The molecule has 3 heterocycles. The van der Waals surface area contributed by atoms with Gasteiger partial charge in [0.25, 0.3) is 11.8 Å². The SMILES string of the molecule is Cc1cc(C#N)cc(C(=O)NC(C)(C)C)c1NC(=O)c1cc(Cn2ncc(C(F)(C(F)(F)F)C(F)(F)F)n2)nn1-c1ncccc1Cl. The molecule has 0 fully saturated rings. The summed E-state index contributed by atoms with van der Waals surface area (Å²) < 4.78 is 94.7. The standard InChI is InChI=1S/C28H23ClF7N9O2/c1-14-8-15(11-37)9-17(23(46)41-25(2,3)4)21(14)40-24(47)19-10-16(42-45(19)22-18(29)6-5-7-38-22)13-44-39-12-20(43-44)26(30,27(31,32)33)28(34,35)36/h5-10,12H,13H2,1-4H3,(H,40,47)(H,41,46). The van der Waals surface area contributed by atoms with Gasteiger partial charge in [-0.2, -0.15) is 51.7 Å². The fourth-order valence-electron chi connectivity index (χ4n) is 4.27. The summed E-state index contributed by atoms with van der Waals surface area (Å²) in [6, 6.07) is 8.60. The van der Waals surface area contributed by atoms with Crippen LogP contribution in [0.5, 0.6) is 0 Å². The number of anilines is 1. The lowest BCUT2D eigenvalue weighted by atomic mass is 10.0. The Kier molecular flexibility index (Phi) is 9.10. The number of carbonyl (C=O) groups excluding carboxylic acids is 2. The van der Waals surface area contributed by atoms with Crippen LogP contribution in [0.1, 0.15) is 64.1 Å². The minimum atomic E-state index is -6.40. The summed E-state index contributed by atoms with van der Waals surface area (Å²) in [7, 11) is 0. The summed E-state index contributed by atoms with van der Waals surface area (Å²) in [5.41, 5.74) is -8.62. The molecule has 0 atom stereocenters. The maximum atomic E-state index is 14.5. The molecule has 2 N–H and O–H groups in total. The van der Waals surface area contributed by atoms with Crippen molar-refractivity contribution in [2.24, 2.45) is 0 Å². The lowest BCUT2D eigenvalue weighted by Crippen LogP contribution is -2.50. The highest BCUT2D eigenvalue weighted by Crippen LogP contribution is 2.52. The minimum absolute atomic E-state index is 0.00642. The lowest BCUT2D eigenvalue weighted by Gasteiger charge is -2.27. The molecule has 3 aromatic heterocycles. The Balaban J connectivity index is 1.77. The van der Waals surface area contributed by atoms with Crippen LogP contribution >= 0.6 is 11.6 Å². The fraction of sp³-hybridized carbons (Fsp3) is 0.321. The van der Waals surface area contributed by atoms with Crippen molar-refractivity contribution in [1.82, 2.24) is 35.1 Å². The molecule has 0 aliphatic heterocycles. The van der Waals surface area contributed by atoms with E-state index in [-0.39, 0.29) is 45.2 Å². The van der Waals surface area contributed by atoms with Crippen molar-refractivity contribution >= 4 is 29.1 Å². The smallest absolute Gasteiger partial charge is 0.347 e. The molecule has 0 spiro atoms. The highest BCUT2D eigenvalue weighted by Gasteiger charge is 2.75. The molecule has 1 aromatic carbocycles. The van der Waals surface area contributed by atoms with Gasteiger partial charge in [0.05, 0.1) is 39.8 Å². The first-order chi connectivity index (χ1) is 21.7. The molecule has 0 unspecified atom stereocenters. The van der Waals surface area contributed by atoms with Gasteiger partial charge in [-0.15, -0.1) is 0 Å². The van der Waals surface area contributed by atoms with Gasteiger partial charge in [-0.1, -0.05) is 11.6 Å². The maximum Gasteiger partial charge on any atom is 0.437 e. The zero-order valence-corrected chi connectivity index (χ0v) is 25.5. The molecule has 4 rings (SSSR count). The second kappa shape index (κ2) is 12.3. The number of aromatic nitrogens is 6. The molecule has 0 aliphatic carbocycles. The number of nitrogens with zero attached hydrogens (tertiary/aromatic N) is 7. The number of nitrogens with one attached hydrogen (secondary N) is 2. The Hall–Kier alpha value is -5.05. The highest BCUT2D eigenvalue weighted by atomic mass is 35.5. The topological polar surface area (TPSA) is 143 Å². The third-order valence-electron chi connectivity index (χ3n) is 6.34. The zero-order chi connectivity index (χ0) is 35.1. The minimum Gasteiger partial charge on any atom is -0.347 e. The summed E-state index contributed by atoms with van der Waals surface area (Å²) in [5.74, 6) is -1.62. The quantitative estimate of drug-likeness (QED) is 0.234. The van der Waals surface area contributed by atoms with E-state index in [2.05, 4.69) is 30.9 Å². The first-order valence-electron chi connectivity index (χ1n) is 13.3. The van der Waals surface area contributed by atoms with Gasteiger partial charge in [0.2, 0.25) is 0 Å². The molecule has 0 radical (unpaired) electrons. The Morgan fingerprint density at radius 1 is 1.00 bits per heavy atom. The fourth-order valence-corrected chi connectivity index (χ4v) is 4.48. The number of hydrogen-bond donors (Lipinski definition) is 2. The first-order valence-corrected chi connectivity index (χ1v) is 13.7. The predicted molar refractivity (Wildman–Crippen MR) is 151 cm³/mol. The van der Waals surface area contributed by atoms with Crippen molar-refractivity contribution in [2.75, 3.05) is 5.32 Å². The maximum absolute atomic E-state index is 14.5. The Labute approximate surface area is 266 Å². The number of aryl methyl sites for hydroxylation is 1. The molecule has 0 bridgehead atoms. The molecule has 2 amide bonds. The average Bonchev–Trinajstić information content (AvgIpc) is 3.59. The zero-order valence-electron chi connectivity index (χ0n) is 24.7. The molecule has 0 aliphatic rings. The van der Waals surface area contributed by atoms with Crippen molar-refractivity contribution in [3.8, 4) is 11.9 Å². The number of rotatable bonds is 7. The van der Waals surface area contributed by atoms with E-state index in [0.717, 1.165) is 10.7 Å². The van der Waals surface area contributed by atoms with Crippen LogP contribution in [-0.4, -0.2) is 59.5 Å². The highest BCUT2D eigenvalue weighted by molar-refractivity contribution is 6.32. The molecule has 248 valence electrons. The Bertz CT molecular complexity index is 1870. The number of nitriles is 1. The van der Waals surface area contributed by atoms with E-state index in [9.17, 15) is 45.6 Å². The third kappa shape index (κ3) is 7.04. The molecular weight excluding hydrogens is 663 g/mol. The predicted octanol–water partition coefficient (Wildman–Crippen LogP) is 5.81. The Morgan fingerprint density at radius 3 is 2.23 bits per heavy atom. The molecule has 11 nitrogen and oxygen atoms in total. The summed E-state index contributed by atoms with van der Waals surface area (Å²) in [6.45, 7) is 5.98. The van der Waals surface area contributed by atoms with Crippen molar-refractivity contribution in [3.63, 3.8) is 0 Å². The number of hydrogen-bond acceptors (Lipinski definition) is 7. The van der Waals surface area contributed by atoms with Crippen LogP contribution in [0.25, 0.3) is 5.82 Å². The van der Waals surface area contributed by atoms with Gasteiger partial charge in [0.15, 0.2) is 5.82 Å². The lowest BCUT2D eigenvalue weighted by molar-refractivity contribution is -0.350. The molecule has 19 heteroatoms. The van der Waals surface area contributed by atoms with E-state index < -0.39 is 47.6 Å². The number of amides is 2. The number of benzene rings is 1. The number of pyridine rings is 1. The van der Waals surface area contributed by atoms with Gasteiger partial charge in [-0.3, -0.25) is 9.59 Å². The van der Waals surface area contributed by atoms with Gasteiger partial charge < -0.3 is 10.6 Å². The van der Waals surface area contributed by atoms with Crippen LogP contribution in [0.2, 0.25) is 5.02 Å². The van der Waals surface area contributed by atoms with Gasteiger partial charge in [0.1, 0.15) is 17.9 Å². The molecular formula is C28H23ClF7N9O2. The van der Waals surface area contributed by atoms with Crippen LogP contribution < -0.4 is 10.6 Å². The first kappa shape index (κ1) is 34.8. The molecule has 0 saturated carbocycles. The van der Waals surface area contributed by atoms with Gasteiger partial charge in [-0.25, -0.2) is 14.1 Å². The summed E-state index contributed by atoms with van der Waals surface area (Å²) in [5, 5.41) is 25.4. The summed E-state index contributed by atoms with van der Waals surface area (Å²) in [4.78, 5) is 31.3. The summed E-state index contributed by atoms with van der Waals surface area (Å²) in [6.07, 6.45) is -11.5.